The molecule has 2 aliphatic heterocycles. The van der Waals surface area contributed by atoms with E-state index in [1.807, 2.05) is 0 Å². The van der Waals surface area contributed by atoms with Gasteiger partial charge in [-0.25, -0.2) is 9.59 Å². The third kappa shape index (κ3) is 7.25. The number of ether oxygens (including phenoxy) is 4. The zero-order valence-corrected chi connectivity index (χ0v) is 22.2. The second kappa shape index (κ2) is 11.0. The van der Waals surface area contributed by atoms with Crippen LogP contribution in [0.4, 0.5) is 0 Å². The van der Waals surface area contributed by atoms with Crippen molar-refractivity contribution >= 4 is 30.0 Å². The molecule has 2 heterocycles. The Morgan fingerprint density at radius 3 is 1.79 bits per heavy atom. The van der Waals surface area contributed by atoms with Crippen molar-refractivity contribution in [2.45, 2.75) is 52.1 Å². The molecule has 2 aromatic carbocycles. The summed E-state index contributed by atoms with van der Waals surface area (Å²) < 4.78 is 20.2. The van der Waals surface area contributed by atoms with E-state index in [9.17, 15) is 29.4 Å². The number of aromatic hydroxyl groups is 2. The Balaban J connectivity index is 0.000000218. The molecule has 1 atom stereocenters. The van der Waals surface area contributed by atoms with Gasteiger partial charge < -0.3 is 29.2 Å². The van der Waals surface area contributed by atoms with Crippen LogP contribution in [0.1, 0.15) is 51.7 Å². The highest BCUT2D eigenvalue weighted by atomic mass is 16.7. The van der Waals surface area contributed by atoms with Crippen molar-refractivity contribution in [3.05, 3.63) is 77.4 Å². The summed E-state index contributed by atoms with van der Waals surface area (Å²) >= 11 is 0. The van der Waals surface area contributed by atoms with Crippen LogP contribution in [0.2, 0.25) is 0 Å². The lowest BCUT2D eigenvalue weighted by atomic mass is 9.81. The average Bonchev–Trinajstić information content (AvgIpc) is 2.77. The molecule has 0 aliphatic carbocycles. The summed E-state index contributed by atoms with van der Waals surface area (Å²) in [6, 6.07) is 12.5. The number of benzene rings is 2. The van der Waals surface area contributed by atoms with Gasteiger partial charge in [-0.3, -0.25) is 9.59 Å². The topological polar surface area (TPSA) is 146 Å². The lowest BCUT2D eigenvalue weighted by Crippen LogP contribution is -2.48. The summed E-state index contributed by atoms with van der Waals surface area (Å²) in [5, 5.41) is 18.9. The third-order valence-corrected chi connectivity index (χ3v) is 5.59. The largest absolute Gasteiger partial charge is 0.508 e. The molecule has 2 fully saturated rings. The molecule has 39 heavy (non-hydrogen) atoms. The lowest BCUT2D eigenvalue weighted by molar-refractivity contribution is -0.240. The standard InChI is InChI=1S/C16H18O5.C13H12O5/c1-9(2)12(10-6-5-7-11(17)8-10)13-14(18)20-16(3,4)21-15(13)19;1-13(2)17-11(15)10(12(16)18-13)7-8-4-3-5-9(14)6-8/h5-8,12-13,17H,1H2,2-4H3;3-7,14H,1-2H3. The molecule has 206 valence electrons. The molecule has 0 radical (unpaired) electrons. The van der Waals surface area contributed by atoms with Gasteiger partial charge in [-0.15, -0.1) is 0 Å². The molecule has 0 spiro atoms. The molecule has 10 heteroatoms. The summed E-state index contributed by atoms with van der Waals surface area (Å²) in [5.74, 6) is -6.89. The van der Waals surface area contributed by atoms with Crippen molar-refractivity contribution in [3.8, 4) is 11.5 Å². The Kier molecular flexibility index (Phi) is 8.19. The summed E-state index contributed by atoms with van der Waals surface area (Å²) in [5.41, 5.74) is 1.54. The first-order chi connectivity index (χ1) is 18.1. The van der Waals surface area contributed by atoms with E-state index in [0.717, 1.165) is 0 Å². The third-order valence-electron chi connectivity index (χ3n) is 5.59. The maximum Gasteiger partial charge on any atom is 0.348 e. The van der Waals surface area contributed by atoms with E-state index in [-0.39, 0.29) is 17.1 Å². The fourth-order valence-corrected chi connectivity index (χ4v) is 4.04. The van der Waals surface area contributed by atoms with Crippen LogP contribution >= 0.6 is 0 Å². The molecule has 10 nitrogen and oxygen atoms in total. The first-order valence-electron chi connectivity index (χ1n) is 12.0. The highest BCUT2D eigenvalue weighted by molar-refractivity contribution is 6.18. The number of cyclic esters (lactones) is 4. The molecule has 1 unspecified atom stereocenters. The molecule has 2 aliphatic rings. The summed E-state index contributed by atoms with van der Waals surface area (Å²) in [6.07, 6.45) is 1.32. The van der Waals surface area contributed by atoms with Gasteiger partial charge in [0.2, 0.25) is 0 Å². The Morgan fingerprint density at radius 2 is 1.31 bits per heavy atom. The Labute approximate surface area is 225 Å². The number of carbonyl (C=O) groups excluding carboxylic acids is 4. The van der Waals surface area contributed by atoms with Crippen molar-refractivity contribution < 1.29 is 48.3 Å². The molecule has 2 aromatic rings. The predicted molar refractivity (Wildman–Crippen MR) is 138 cm³/mol. The van der Waals surface area contributed by atoms with E-state index in [0.29, 0.717) is 16.7 Å². The van der Waals surface area contributed by atoms with Crippen molar-refractivity contribution in [1.29, 1.82) is 0 Å². The van der Waals surface area contributed by atoms with Crippen LogP contribution < -0.4 is 0 Å². The maximum atomic E-state index is 12.2. The van der Waals surface area contributed by atoms with E-state index < -0.39 is 47.3 Å². The van der Waals surface area contributed by atoms with E-state index in [1.54, 1.807) is 31.2 Å². The number of esters is 4. The van der Waals surface area contributed by atoms with Gasteiger partial charge in [-0.1, -0.05) is 36.4 Å². The van der Waals surface area contributed by atoms with Gasteiger partial charge in [0.1, 0.15) is 17.1 Å². The van der Waals surface area contributed by atoms with Crippen molar-refractivity contribution in [3.63, 3.8) is 0 Å². The number of allylic oxidation sites excluding steroid dienone is 1. The molecule has 2 saturated heterocycles. The molecule has 0 aromatic heterocycles. The fourth-order valence-electron chi connectivity index (χ4n) is 4.04. The van der Waals surface area contributed by atoms with Crippen LogP contribution in [0, 0.1) is 5.92 Å². The zero-order chi connectivity index (χ0) is 29.1. The quantitative estimate of drug-likeness (QED) is 0.192. The van der Waals surface area contributed by atoms with Gasteiger partial charge in [-0.2, -0.15) is 0 Å². The molecule has 0 saturated carbocycles. The van der Waals surface area contributed by atoms with Crippen LogP contribution in [0.3, 0.4) is 0 Å². The van der Waals surface area contributed by atoms with Crippen LogP contribution in [-0.4, -0.2) is 45.7 Å². The number of hydrogen-bond acceptors (Lipinski definition) is 10. The molecular formula is C29H30O10. The highest BCUT2D eigenvalue weighted by Gasteiger charge is 2.48. The first kappa shape index (κ1) is 29.0. The fraction of sp³-hybridized carbons (Fsp3) is 0.310. The minimum atomic E-state index is -1.26. The second-order valence-corrected chi connectivity index (χ2v) is 9.97. The second-order valence-electron chi connectivity index (χ2n) is 9.97. The Bertz CT molecular complexity index is 1310. The van der Waals surface area contributed by atoms with Gasteiger partial charge in [-0.05, 0) is 48.4 Å². The molecule has 2 N–H and O–H groups in total. The van der Waals surface area contributed by atoms with Gasteiger partial charge in [0, 0.05) is 33.6 Å². The van der Waals surface area contributed by atoms with Gasteiger partial charge >= 0.3 is 23.9 Å². The number of carbonyl (C=O) groups is 4. The molecule has 4 rings (SSSR count). The first-order valence-corrected chi connectivity index (χ1v) is 12.0. The average molecular weight is 539 g/mol. The van der Waals surface area contributed by atoms with E-state index in [4.69, 9.17) is 18.9 Å². The number of rotatable bonds is 4. The Morgan fingerprint density at radius 1 is 0.821 bits per heavy atom. The molecule has 0 amide bonds. The van der Waals surface area contributed by atoms with E-state index in [1.165, 1.54) is 58.0 Å². The SMILES string of the molecule is C=C(C)C(c1cccc(O)c1)C1C(=O)OC(C)(C)OC1=O.CC1(C)OC(=O)C(=Cc2cccc(O)c2)C(=O)O1. The van der Waals surface area contributed by atoms with Gasteiger partial charge in [0.15, 0.2) is 5.92 Å². The zero-order valence-electron chi connectivity index (χ0n) is 22.2. The van der Waals surface area contributed by atoms with Crippen LogP contribution in [0.15, 0.2) is 66.3 Å². The highest BCUT2D eigenvalue weighted by Crippen LogP contribution is 2.38. The summed E-state index contributed by atoms with van der Waals surface area (Å²) in [7, 11) is 0. The Hall–Kier alpha value is -4.60. The monoisotopic (exact) mass is 538 g/mol. The smallest absolute Gasteiger partial charge is 0.348 e. The minimum absolute atomic E-state index is 0.0437. The van der Waals surface area contributed by atoms with Gasteiger partial charge in [0.25, 0.3) is 11.6 Å². The van der Waals surface area contributed by atoms with E-state index >= 15 is 0 Å². The van der Waals surface area contributed by atoms with Crippen molar-refractivity contribution in [1.82, 2.24) is 0 Å². The molecular weight excluding hydrogens is 508 g/mol. The van der Waals surface area contributed by atoms with Crippen LogP contribution in [-0.2, 0) is 38.1 Å². The summed E-state index contributed by atoms with van der Waals surface area (Å²) in [6.45, 7) is 11.5. The maximum absolute atomic E-state index is 12.2. The predicted octanol–water partition coefficient (Wildman–Crippen LogP) is 4.12. The van der Waals surface area contributed by atoms with Crippen LogP contribution in [0.5, 0.6) is 11.5 Å². The number of phenols is 2. The summed E-state index contributed by atoms with van der Waals surface area (Å²) in [4.78, 5) is 47.7. The van der Waals surface area contributed by atoms with Crippen molar-refractivity contribution in [2.24, 2.45) is 5.92 Å². The minimum Gasteiger partial charge on any atom is -0.508 e. The van der Waals surface area contributed by atoms with E-state index in [2.05, 4.69) is 6.58 Å². The molecule has 0 bridgehead atoms. The number of phenolic OH excluding ortho intramolecular Hbond substituents is 2. The van der Waals surface area contributed by atoms with Crippen LogP contribution in [0.25, 0.3) is 6.08 Å². The lowest BCUT2D eigenvalue weighted by Gasteiger charge is -2.36. The normalized spacial score (nSPS) is 18.8. The van der Waals surface area contributed by atoms with Crippen molar-refractivity contribution in [2.75, 3.05) is 0 Å². The number of hydrogen-bond donors (Lipinski definition) is 2. The van der Waals surface area contributed by atoms with Gasteiger partial charge in [0.05, 0.1) is 0 Å².